The second-order valence-electron chi connectivity index (χ2n) is 5.84. The molecule has 0 spiro atoms. The molecule has 0 atom stereocenters. The summed E-state index contributed by atoms with van der Waals surface area (Å²) in [6.07, 6.45) is 0.614. The number of carbonyl (C=O) groups is 2. The first-order chi connectivity index (χ1) is 13.6. The highest BCUT2D eigenvalue weighted by molar-refractivity contribution is 7.93. The van der Waals surface area contributed by atoms with Crippen molar-refractivity contribution in [1.82, 2.24) is 10.2 Å². The maximum Gasteiger partial charge on any atom is 0.276 e. The van der Waals surface area contributed by atoms with Crippen LogP contribution in [-0.2, 0) is 16.3 Å². The highest BCUT2D eigenvalue weighted by Gasteiger charge is 2.26. The molecule has 0 bridgehead atoms. The van der Waals surface area contributed by atoms with E-state index in [-0.39, 0.29) is 20.5 Å². The maximum atomic E-state index is 13.5. The lowest BCUT2D eigenvalue weighted by atomic mass is 10.3. The van der Waals surface area contributed by atoms with Crippen molar-refractivity contribution in [3.8, 4) is 0 Å². The average molecular weight is 440 g/mol. The Kier molecular flexibility index (Phi) is 5.48. The standard InChI is InChI=1S/C17H14F2N4O4S2/c1-2-8-5-13(23-22-8)16(25)21-17-10(15(20)24)7-14(28-17)29(26,27)9-3-4-11(18)12(19)6-9/h3-7H,2H2,1H3,(H2,20,24)(H,21,25)(H,22,23). The van der Waals surface area contributed by atoms with Gasteiger partial charge in [0.05, 0.1) is 10.5 Å². The number of amides is 2. The van der Waals surface area contributed by atoms with Crippen LogP contribution in [0.5, 0.6) is 0 Å². The second-order valence-corrected chi connectivity index (χ2v) is 9.07. The Morgan fingerprint density at radius 3 is 2.52 bits per heavy atom. The van der Waals surface area contributed by atoms with E-state index in [9.17, 15) is 26.8 Å². The molecule has 0 fully saturated rings. The molecule has 2 aromatic heterocycles. The predicted octanol–water partition coefficient (Wildman–Crippen LogP) is 2.50. The number of sulfone groups is 1. The van der Waals surface area contributed by atoms with Crippen LogP contribution < -0.4 is 11.1 Å². The number of H-pyrrole nitrogens is 1. The van der Waals surface area contributed by atoms with Crippen LogP contribution in [0.25, 0.3) is 0 Å². The zero-order valence-electron chi connectivity index (χ0n) is 14.8. The van der Waals surface area contributed by atoms with Crippen LogP contribution in [0, 0.1) is 11.6 Å². The van der Waals surface area contributed by atoms with E-state index < -0.39 is 38.2 Å². The van der Waals surface area contributed by atoms with Crippen molar-refractivity contribution < 1.29 is 26.8 Å². The Morgan fingerprint density at radius 2 is 1.93 bits per heavy atom. The molecule has 0 aliphatic heterocycles. The Hall–Kier alpha value is -3.12. The van der Waals surface area contributed by atoms with E-state index in [1.165, 1.54) is 6.07 Å². The van der Waals surface area contributed by atoms with Gasteiger partial charge in [0.2, 0.25) is 9.84 Å². The van der Waals surface area contributed by atoms with Crippen molar-refractivity contribution in [2.75, 3.05) is 5.32 Å². The summed E-state index contributed by atoms with van der Waals surface area (Å²) < 4.78 is 51.6. The van der Waals surface area contributed by atoms with Crippen LogP contribution >= 0.6 is 11.3 Å². The van der Waals surface area contributed by atoms with Gasteiger partial charge in [0.15, 0.2) is 17.3 Å². The molecule has 0 saturated carbocycles. The van der Waals surface area contributed by atoms with E-state index >= 15 is 0 Å². The molecular formula is C17H14F2N4O4S2. The summed E-state index contributed by atoms with van der Waals surface area (Å²) in [7, 11) is -4.28. The summed E-state index contributed by atoms with van der Waals surface area (Å²) in [5, 5.41) is 8.79. The summed E-state index contributed by atoms with van der Waals surface area (Å²) in [5.41, 5.74) is 5.79. The average Bonchev–Trinajstić information content (AvgIpc) is 3.31. The van der Waals surface area contributed by atoms with E-state index in [0.29, 0.717) is 35.6 Å². The minimum absolute atomic E-state index is 0.0377. The fourth-order valence-corrected chi connectivity index (χ4v) is 5.14. The van der Waals surface area contributed by atoms with Crippen LogP contribution in [0.15, 0.2) is 39.4 Å². The van der Waals surface area contributed by atoms with Crippen molar-refractivity contribution in [1.29, 1.82) is 0 Å². The van der Waals surface area contributed by atoms with Crippen molar-refractivity contribution in [2.24, 2.45) is 5.73 Å². The van der Waals surface area contributed by atoms with Gasteiger partial charge >= 0.3 is 0 Å². The molecule has 0 aliphatic rings. The van der Waals surface area contributed by atoms with E-state index in [0.717, 1.165) is 12.1 Å². The number of nitrogens with zero attached hydrogens (tertiary/aromatic N) is 1. The topological polar surface area (TPSA) is 135 Å². The van der Waals surface area contributed by atoms with E-state index in [4.69, 9.17) is 5.73 Å². The number of aromatic nitrogens is 2. The van der Waals surface area contributed by atoms with Gasteiger partial charge in [0.25, 0.3) is 11.8 Å². The van der Waals surface area contributed by atoms with E-state index in [1.54, 1.807) is 0 Å². The molecule has 0 unspecified atom stereocenters. The van der Waals surface area contributed by atoms with Crippen LogP contribution in [0.4, 0.5) is 13.8 Å². The molecular weight excluding hydrogens is 426 g/mol. The van der Waals surface area contributed by atoms with Crippen molar-refractivity contribution >= 4 is 38.0 Å². The Balaban J connectivity index is 1.98. The number of aromatic amines is 1. The number of nitrogens with one attached hydrogen (secondary N) is 2. The molecule has 2 amide bonds. The van der Waals surface area contributed by atoms with Crippen LogP contribution in [-0.4, -0.2) is 30.4 Å². The highest BCUT2D eigenvalue weighted by Crippen LogP contribution is 2.35. The number of rotatable bonds is 6. The number of benzene rings is 1. The molecule has 0 radical (unpaired) electrons. The first-order valence-electron chi connectivity index (χ1n) is 8.13. The Bertz CT molecular complexity index is 1220. The third kappa shape index (κ3) is 4.03. The van der Waals surface area contributed by atoms with Gasteiger partial charge in [-0.2, -0.15) is 5.10 Å². The maximum absolute atomic E-state index is 13.5. The second kappa shape index (κ2) is 7.72. The number of carbonyl (C=O) groups excluding carboxylic acids is 2. The first kappa shape index (κ1) is 20.6. The first-order valence-corrected chi connectivity index (χ1v) is 10.4. The molecule has 4 N–H and O–H groups in total. The van der Waals surface area contributed by atoms with Crippen molar-refractivity contribution in [3.63, 3.8) is 0 Å². The molecule has 8 nitrogen and oxygen atoms in total. The van der Waals surface area contributed by atoms with Gasteiger partial charge in [-0.3, -0.25) is 14.7 Å². The van der Waals surface area contributed by atoms with E-state index in [2.05, 4.69) is 15.5 Å². The van der Waals surface area contributed by atoms with Gasteiger partial charge in [-0.25, -0.2) is 17.2 Å². The van der Waals surface area contributed by atoms with Gasteiger partial charge in [0.1, 0.15) is 9.21 Å². The molecule has 0 saturated heterocycles. The summed E-state index contributed by atoms with van der Waals surface area (Å²) in [5.74, 6) is -4.19. The largest absolute Gasteiger partial charge is 0.366 e. The third-order valence-electron chi connectivity index (χ3n) is 3.91. The number of hydrogen-bond donors (Lipinski definition) is 3. The number of aryl methyl sites for hydroxylation is 1. The summed E-state index contributed by atoms with van der Waals surface area (Å²) in [6.45, 7) is 1.86. The fraction of sp³-hybridized carbons (Fsp3) is 0.118. The van der Waals surface area contributed by atoms with Gasteiger partial charge in [-0.1, -0.05) is 6.92 Å². The minimum Gasteiger partial charge on any atom is -0.366 e. The molecule has 2 heterocycles. The lowest BCUT2D eigenvalue weighted by molar-refractivity contribution is 0.100. The number of primary amides is 1. The number of thiophene rings is 1. The minimum atomic E-state index is -4.28. The zero-order chi connectivity index (χ0) is 21.3. The summed E-state index contributed by atoms with van der Waals surface area (Å²) in [6, 6.07) is 4.58. The monoisotopic (exact) mass is 440 g/mol. The quantitative estimate of drug-likeness (QED) is 0.506. The fourth-order valence-electron chi connectivity index (χ4n) is 2.36. The molecule has 12 heteroatoms. The van der Waals surface area contributed by atoms with Crippen LogP contribution in [0.3, 0.4) is 0 Å². The molecule has 0 aliphatic carbocycles. The van der Waals surface area contributed by atoms with E-state index in [1.807, 2.05) is 6.92 Å². The van der Waals surface area contributed by atoms with Gasteiger partial charge in [-0.15, -0.1) is 11.3 Å². The molecule has 3 aromatic rings. The summed E-state index contributed by atoms with van der Waals surface area (Å²) >= 11 is 0.560. The van der Waals surface area contributed by atoms with Crippen LogP contribution in [0.2, 0.25) is 0 Å². The number of nitrogens with two attached hydrogens (primary N) is 1. The Morgan fingerprint density at radius 1 is 1.21 bits per heavy atom. The zero-order valence-corrected chi connectivity index (χ0v) is 16.5. The number of halogens is 2. The molecule has 3 rings (SSSR count). The molecule has 1 aromatic carbocycles. The van der Waals surface area contributed by atoms with Gasteiger partial charge in [-0.05, 0) is 36.8 Å². The number of hydrogen-bond acceptors (Lipinski definition) is 6. The third-order valence-corrected chi connectivity index (χ3v) is 7.19. The lowest BCUT2D eigenvalue weighted by Crippen LogP contribution is -2.16. The Labute approximate surface area is 167 Å². The van der Waals surface area contributed by atoms with Crippen molar-refractivity contribution in [3.05, 3.63) is 58.9 Å². The van der Waals surface area contributed by atoms with Gasteiger partial charge < -0.3 is 11.1 Å². The normalized spacial score (nSPS) is 11.4. The highest BCUT2D eigenvalue weighted by atomic mass is 32.2. The van der Waals surface area contributed by atoms with Gasteiger partial charge in [0, 0.05) is 5.69 Å². The lowest BCUT2D eigenvalue weighted by Gasteiger charge is -2.03. The summed E-state index contributed by atoms with van der Waals surface area (Å²) in [4.78, 5) is 23.6. The van der Waals surface area contributed by atoms with Crippen molar-refractivity contribution in [2.45, 2.75) is 22.4 Å². The van der Waals surface area contributed by atoms with Crippen LogP contribution in [0.1, 0.15) is 33.5 Å². The molecule has 152 valence electrons. The SMILES string of the molecule is CCc1cc(C(=O)Nc2sc(S(=O)(=O)c3ccc(F)c(F)c3)cc2C(N)=O)n[nH]1. The molecule has 29 heavy (non-hydrogen) atoms. The number of anilines is 1. The smallest absolute Gasteiger partial charge is 0.276 e. The predicted molar refractivity (Wildman–Crippen MR) is 101 cm³/mol.